The molecule has 0 radical (unpaired) electrons. The molecule has 1 unspecified atom stereocenters. The zero-order valence-electron chi connectivity index (χ0n) is 9.40. The highest BCUT2D eigenvalue weighted by Gasteiger charge is 2.24. The Morgan fingerprint density at radius 2 is 2.35 bits per heavy atom. The number of tetrazole rings is 1. The molecule has 0 saturated carbocycles. The Hall–Kier alpha value is -1.76. The first-order valence-corrected chi connectivity index (χ1v) is 5.76. The maximum Gasteiger partial charge on any atom is 0.199 e. The molecule has 1 aliphatic rings. The van der Waals surface area contributed by atoms with Crippen molar-refractivity contribution in [3.8, 4) is 0 Å². The van der Waals surface area contributed by atoms with Gasteiger partial charge in [-0.2, -0.15) is 4.52 Å². The molecule has 1 atom stereocenters. The van der Waals surface area contributed by atoms with Gasteiger partial charge in [-0.1, -0.05) is 0 Å². The van der Waals surface area contributed by atoms with Gasteiger partial charge in [0, 0.05) is 19.7 Å². The highest BCUT2D eigenvalue weighted by molar-refractivity contribution is 5.46. The maximum absolute atomic E-state index is 8.95. The molecule has 0 bridgehead atoms. The van der Waals surface area contributed by atoms with E-state index in [1.54, 1.807) is 16.9 Å². The molecule has 1 saturated heterocycles. The molecule has 3 rings (SSSR count). The standard InChI is InChI=1S/C10H14N6O/c17-4-2-8-1-3-15(7-8)10-6-11-5-9-12-13-14-16(9)10/h5-6,8,17H,1-4,7H2. The Balaban J connectivity index is 1.87. The van der Waals surface area contributed by atoms with Crippen LogP contribution in [-0.4, -0.2) is 49.8 Å². The normalized spacial score (nSPS) is 20.3. The lowest BCUT2D eigenvalue weighted by atomic mass is 10.1. The van der Waals surface area contributed by atoms with Crippen LogP contribution in [0.2, 0.25) is 0 Å². The van der Waals surface area contributed by atoms with Gasteiger partial charge in [0.25, 0.3) is 0 Å². The van der Waals surface area contributed by atoms with Gasteiger partial charge in [0.2, 0.25) is 0 Å². The van der Waals surface area contributed by atoms with E-state index in [0.29, 0.717) is 11.6 Å². The van der Waals surface area contributed by atoms with Crippen molar-refractivity contribution in [1.82, 2.24) is 25.0 Å². The Labute approximate surface area is 98.1 Å². The van der Waals surface area contributed by atoms with E-state index in [1.807, 2.05) is 0 Å². The van der Waals surface area contributed by atoms with E-state index in [4.69, 9.17) is 5.11 Å². The summed E-state index contributed by atoms with van der Waals surface area (Å²) in [6, 6.07) is 0. The predicted octanol–water partition coefficient (Wildman–Crippen LogP) is -0.272. The quantitative estimate of drug-likeness (QED) is 0.787. The van der Waals surface area contributed by atoms with Gasteiger partial charge >= 0.3 is 0 Å². The highest BCUT2D eigenvalue weighted by Crippen LogP contribution is 2.24. The van der Waals surface area contributed by atoms with Crippen LogP contribution in [0.3, 0.4) is 0 Å². The maximum atomic E-state index is 8.95. The van der Waals surface area contributed by atoms with Crippen LogP contribution < -0.4 is 4.90 Å². The molecule has 3 heterocycles. The molecule has 0 aromatic carbocycles. The second-order valence-electron chi connectivity index (χ2n) is 4.33. The van der Waals surface area contributed by atoms with Crippen molar-refractivity contribution >= 4 is 11.5 Å². The number of hydrogen-bond donors (Lipinski definition) is 1. The second kappa shape index (κ2) is 4.25. The van der Waals surface area contributed by atoms with Crippen LogP contribution in [0.1, 0.15) is 12.8 Å². The van der Waals surface area contributed by atoms with Gasteiger partial charge in [-0.05, 0) is 29.2 Å². The molecule has 0 aliphatic carbocycles. The van der Waals surface area contributed by atoms with Gasteiger partial charge in [-0.15, -0.1) is 5.10 Å². The minimum atomic E-state index is 0.256. The smallest absolute Gasteiger partial charge is 0.199 e. The van der Waals surface area contributed by atoms with E-state index in [9.17, 15) is 0 Å². The summed E-state index contributed by atoms with van der Waals surface area (Å²) >= 11 is 0. The van der Waals surface area contributed by atoms with E-state index in [1.165, 1.54) is 0 Å². The summed E-state index contributed by atoms with van der Waals surface area (Å²) in [6.45, 7) is 2.15. The van der Waals surface area contributed by atoms with Crippen LogP contribution in [0.25, 0.3) is 5.65 Å². The largest absolute Gasteiger partial charge is 0.396 e. The highest BCUT2D eigenvalue weighted by atomic mass is 16.3. The summed E-state index contributed by atoms with van der Waals surface area (Å²) in [6.07, 6.45) is 5.38. The first-order valence-electron chi connectivity index (χ1n) is 5.76. The zero-order chi connectivity index (χ0) is 11.7. The molecule has 1 fully saturated rings. The minimum absolute atomic E-state index is 0.256. The first kappa shape index (κ1) is 10.4. The average molecular weight is 234 g/mol. The lowest BCUT2D eigenvalue weighted by molar-refractivity contribution is 0.263. The van der Waals surface area contributed by atoms with Crippen LogP contribution in [0.4, 0.5) is 5.82 Å². The Morgan fingerprint density at radius 1 is 1.41 bits per heavy atom. The van der Waals surface area contributed by atoms with Crippen LogP contribution >= 0.6 is 0 Å². The summed E-state index contributed by atoms with van der Waals surface area (Å²) in [5.41, 5.74) is 0.660. The minimum Gasteiger partial charge on any atom is -0.396 e. The summed E-state index contributed by atoms with van der Waals surface area (Å²) in [5.74, 6) is 1.47. The Morgan fingerprint density at radius 3 is 3.24 bits per heavy atom. The van der Waals surface area contributed by atoms with Gasteiger partial charge in [0.1, 0.15) is 0 Å². The zero-order valence-corrected chi connectivity index (χ0v) is 9.40. The van der Waals surface area contributed by atoms with Crippen molar-refractivity contribution in [2.75, 3.05) is 24.6 Å². The van der Waals surface area contributed by atoms with Crippen LogP contribution in [0.5, 0.6) is 0 Å². The topological polar surface area (TPSA) is 79.4 Å². The lowest BCUT2D eigenvalue weighted by Gasteiger charge is -2.17. The molecule has 0 spiro atoms. The number of hydrogen-bond acceptors (Lipinski definition) is 6. The number of aliphatic hydroxyl groups is 1. The molecule has 7 nitrogen and oxygen atoms in total. The Kier molecular flexibility index (Phi) is 2.60. The SMILES string of the molecule is OCCC1CCN(c2cncc3nnnn23)C1. The van der Waals surface area contributed by atoms with Crippen LogP contribution in [0.15, 0.2) is 12.4 Å². The van der Waals surface area contributed by atoms with Gasteiger partial charge in [0.05, 0.1) is 12.4 Å². The second-order valence-corrected chi connectivity index (χ2v) is 4.33. The molecular formula is C10H14N6O. The van der Waals surface area contributed by atoms with Gasteiger partial charge in [0.15, 0.2) is 11.5 Å². The van der Waals surface area contributed by atoms with Gasteiger partial charge in [-0.3, -0.25) is 4.98 Å². The van der Waals surface area contributed by atoms with Crippen molar-refractivity contribution in [2.45, 2.75) is 12.8 Å². The molecule has 2 aromatic rings. The number of anilines is 1. The van der Waals surface area contributed by atoms with Crippen molar-refractivity contribution in [3.05, 3.63) is 12.4 Å². The van der Waals surface area contributed by atoms with E-state index in [2.05, 4.69) is 25.4 Å². The Bertz CT molecular complexity index is 512. The predicted molar refractivity (Wildman–Crippen MR) is 60.6 cm³/mol. The first-order chi connectivity index (χ1) is 8.38. The van der Waals surface area contributed by atoms with Crippen molar-refractivity contribution in [1.29, 1.82) is 0 Å². The number of rotatable bonds is 3. The monoisotopic (exact) mass is 234 g/mol. The summed E-state index contributed by atoms with van der Waals surface area (Å²) in [7, 11) is 0. The third-order valence-corrected chi connectivity index (χ3v) is 3.24. The fraction of sp³-hybridized carbons (Fsp3) is 0.600. The summed E-state index contributed by atoms with van der Waals surface area (Å²) < 4.78 is 1.70. The number of aromatic nitrogens is 5. The fourth-order valence-electron chi connectivity index (χ4n) is 2.34. The average Bonchev–Trinajstić information content (AvgIpc) is 2.96. The number of aliphatic hydroxyl groups excluding tert-OH is 1. The van der Waals surface area contributed by atoms with Gasteiger partial charge in [-0.25, -0.2) is 0 Å². The molecule has 17 heavy (non-hydrogen) atoms. The summed E-state index contributed by atoms with van der Waals surface area (Å²) in [4.78, 5) is 6.37. The van der Waals surface area contributed by atoms with Crippen LogP contribution in [0, 0.1) is 5.92 Å². The molecule has 0 amide bonds. The summed E-state index contributed by atoms with van der Waals surface area (Å²) in [5, 5.41) is 20.4. The van der Waals surface area contributed by atoms with E-state index < -0.39 is 0 Å². The molecule has 90 valence electrons. The van der Waals surface area contributed by atoms with Crippen molar-refractivity contribution in [2.24, 2.45) is 5.92 Å². The molecule has 2 aromatic heterocycles. The van der Waals surface area contributed by atoms with E-state index in [0.717, 1.165) is 31.7 Å². The molecule has 7 heteroatoms. The number of fused-ring (bicyclic) bond motifs is 1. The lowest BCUT2D eigenvalue weighted by Crippen LogP contribution is -2.23. The third-order valence-electron chi connectivity index (χ3n) is 3.24. The van der Waals surface area contributed by atoms with Crippen LogP contribution in [-0.2, 0) is 0 Å². The molecular weight excluding hydrogens is 220 g/mol. The molecule has 1 N–H and O–H groups in total. The van der Waals surface area contributed by atoms with Crippen molar-refractivity contribution in [3.63, 3.8) is 0 Å². The molecule has 1 aliphatic heterocycles. The fourth-order valence-corrected chi connectivity index (χ4v) is 2.34. The third kappa shape index (κ3) is 1.82. The number of nitrogens with zero attached hydrogens (tertiary/aromatic N) is 6. The van der Waals surface area contributed by atoms with E-state index >= 15 is 0 Å². The van der Waals surface area contributed by atoms with E-state index in [-0.39, 0.29) is 6.61 Å². The van der Waals surface area contributed by atoms with Crippen molar-refractivity contribution < 1.29 is 5.11 Å². The van der Waals surface area contributed by atoms with Gasteiger partial charge < -0.3 is 10.0 Å².